The summed E-state index contributed by atoms with van der Waals surface area (Å²) in [5.41, 5.74) is -0.214. The molecule has 0 atom stereocenters. The summed E-state index contributed by atoms with van der Waals surface area (Å²) in [5.74, 6) is -2.27. The molecule has 0 spiro atoms. The first-order valence-electron chi connectivity index (χ1n) is 8.78. The fourth-order valence-electron chi connectivity index (χ4n) is 3.21. The molecule has 2 heterocycles. The van der Waals surface area contributed by atoms with E-state index in [4.69, 9.17) is 4.74 Å². The molecule has 0 saturated carbocycles. The molecular formula is C18H20FN3O5. The van der Waals surface area contributed by atoms with E-state index >= 15 is 0 Å². The molecule has 0 aliphatic carbocycles. The maximum absolute atomic E-state index is 13.8. The number of piperazine rings is 1. The highest BCUT2D eigenvalue weighted by Crippen LogP contribution is 2.25. The SMILES string of the molecule is CCOC(=O)N1CCN(C(=O)CCN2C(=O)c3cccc(F)c3C2=O)CC1. The van der Waals surface area contributed by atoms with Gasteiger partial charge in [0.1, 0.15) is 5.82 Å². The molecule has 144 valence electrons. The highest BCUT2D eigenvalue weighted by molar-refractivity contribution is 6.21. The van der Waals surface area contributed by atoms with Gasteiger partial charge in [-0.2, -0.15) is 0 Å². The summed E-state index contributed by atoms with van der Waals surface area (Å²) < 4.78 is 18.7. The number of carbonyl (C=O) groups excluding carboxylic acids is 4. The monoisotopic (exact) mass is 377 g/mol. The van der Waals surface area contributed by atoms with Crippen LogP contribution in [-0.2, 0) is 9.53 Å². The van der Waals surface area contributed by atoms with Crippen molar-refractivity contribution in [3.05, 3.63) is 35.1 Å². The molecule has 8 nitrogen and oxygen atoms in total. The fraction of sp³-hybridized carbons (Fsp3) is 0.444. The molecular weight excluding hydrogens is 357 g/mol. The van der Waals surface area contributed by atoms with Crippen molar-refractivity contribution in [2.45, 2.75) is 13.3 Å². The molecule has 1 fully saturated rings. The standard InChI is InChI=1S/C18H20FN3O5/c1-2-27-18(26)21-10-8-20(9-11-21)14(23)6-7-22-16(24)12-4-3-5-13(19)15(12)17(22)25/h3-5H,2,6-11H2,1H3. The number of benzene rings is 1. The zero-order chi connectivity index (χ0) is 19.6. The van der Waals surface area contributed by atoms with E-state index in [1.54, 1.807) is 11.8 Å². The van der Waals surface area contributed by atoms with Crippen LogP contribution >= 0.6 is 0 Å². The van der Waals surface area contributed by atoms with Crippen LogP contribution in [0, 0.1) is 5.82 Å². The Hall–Kier alpha value is -2.97. The number of nitrogens with zero attached hydrogens (tertiary/aromatic N) is 3. The van der Waals surface area contributed by atoms with E-state index in [1.165, 1.54) is 17.0 Å². The van der Waals surface area contributed by atoms with Gasteiger partial charge < -0.3 is 14.5 Å². The number of carbonyl (C=O) groups is 4. The summed E-state index contributed by atoms with van der Waals surface area (Å²) in [6.45, 7) is 3.35. The van der Waals surface area contributed by atoms with Crippen molar-refractivity contribution in [2.75, 3.05) is 39.3 Å². The molecule has 9 heteroatoms. The molecule has 27 heavy (non-hydrogen) atoms. The van der Waals surface area contributed by atoms with Crippen molar-refractivity contribution in [3.63, 3.8) is 0 Å². The Morgan fingerprint density at radius 3 is 2.37 bits per heavy atom. The van der Waals surface area contributed by atoms with Crippen molar-refractivity contribution < 1.29 is 28.3 Å². The maximum atomic E-state index is 13.8. The predicted octanol–water partition coefficient (Wildman–Crippen LogP) is 1.11. The summed E-state index contributed by atoms with van der Waals surface area (Å²) >= 11 is 0. The van der Waals surface area contributed by atoms with E-state index in [1.807, 2.05) is 0 Å². The second-order valence-corrected chi connectivity index (χ2v) is 6.24. The van der Waals surface area contributed by atoms with Crippen LogP contribution in [0.2, 0.25) is 0 Å². The fourth-order valence-corrected chi connectivity index (χ4v) is 3.21. The maximum Gasteiger partial charge on any atom is 0.409 e. The molecule has 0 unspecified atom stereocenters. The molecule has 1 aromatic carbocycles. The van der Waals surface area contributed by atoms with Gasteiger partial charge in [0.25, 0.3) is 11.8 Å². The average Bonchev–Trinajstić information content (AvgIpc) is 2.91. The van der Waals surface area contributed by atoms with Gasteiger partial charge in [0.05, 0.1) is 17.7 Å². The van der Waals surface area contributed by atoms with Gasteiger partial charge in [0.15, 0.2) is 0 Å². The third-order valence-electron chi connectivity index (χ3n) is 4.66. The lowest BCUT2D eigenvalue weighted by molar-refractivity contribution is -0.132. The number of imide groups is 1. The minimum absolute atomic E-state index is 0.0236. The molecule has 2 aliphatic heterocycles. The lowest BCUT2D eigenvalue weighted by Crippen LogP contribution is -2.51. The highest BCUT2D eigenvalue weighted by Gasteiger charge is 2.38. The Morgan fingerprint density at radius 2 is 1.74 bits per heavy atom. The van der Waals surface area contributed by atoms with Crippen LogP contribution in [0.15, 0.2) is 18.2 Å². The zero-order valence-corrected chi connectivity index (χ0v) is 14.9. The van der Waals surface area contributed by atoms with Crippen molar-refractivity contribution in [1.82, 2.24) is 14.7 Å². The molecule has 2 aliphatic rings. The van der Waals surface area contributed by atoms with Gasteiger partial charge in [-0.25, -0.2) is 9.18 Å². The minimum Gasteiger partial charge on any atom is -0.450 e. The number of hydrogen-bond acceptors (Lipinski definition) is 5. The first kappa shape index (κ1) is 18.8. The van der Waals surface area contributed by atoms with Gasteiger partial charge >= 0.3 is 6.09 Å². The molecule has 1 aromatic rings. The van der Waals surface area contributed by atoms with Gasteiger partial charge in [-0.3, -0.25) is 19.3 Å². The number of fused-ring (bicyclic) bond motifs is 1. The first-order chi connectivity index (χ1) is 12.9. The molecule has 1 saturated heterocycles. The highest BCUT2D eigenvalue weighted by atomic mass is 19.1. The number of ether oxygens (including phenoxy) is 1. The van der Waals surface area contributed by atoms with Crippen molar-refractivity contribution in [1.29, 1.82) is 0 Å². The van der Waals surface area contributed by atoms with Gasteiger partial charge in [-0.05, 0) is 19.1 Å². The third kappa shape index (κ3) is 3.62. The molecule has 0 aromatic heterocycles. The summed E-state index contributed by atoms with van der Waals surface area (Å²) in [7, 11) is 0. The van der Waals surface area contributed by atoms with Crippen LogP contribution in [0.4, 0.5) is 9.18 Å². The zero-order valence-electron chi connectivity index (χ0n) is 14.9. The number of hydrogen-bond donors (Lipinski definition) is 0. The van der Waals surface area contributed by atoms with Gasteiger partial charge in [0.2, 0.25) is 5.91 Å². The predicted molar refractivity (Wildman–Crippen MR) is 91.6 cm³/mol. The second kappa shape index (κ2) is 7.73. The molecule has 0 N–H and O–H groups in total. The van der Waals surface area contributed by atoms with Crippen molar-refractivity contribution in [3.8, 4) is 0 Å². The number of rotatable bonds is 4. The van der Waals surface area contributed by atoms with Crippen LogP contribution in [-0.4, -0.2) is 77.8 Å². The third-order valence-corrected chi connectivity index (χ3v) is 4.66. The average molecular weight is 377 g/mol. The Bertz CT molecular complexity index is 789. The largest absolute Gasteiger partial charge is 0.450 e. The van der Waals surface area contributed by atoms with Crippen LogP contribution in [0.5, 0.6) is 0 Å². The van der Waals surface area contributed by atoms with Crippen molar-refractivity contribution in [2.24, 2.45) is 0 Å². The lowest BCUT2D eigenvalue weighted by Gasteiger charge is -2.34. The van der Waals surface area contributed by atoms with Gasteiger partial charge in [0, 0.05) is 39.1 Å². The first-order valence-corrected chi connectivity index (χ1v) is 8.78. The van der Waals surface area contributed by atoms with Crippen LogP contribution in [0.1, 0.15) is 34.1 Å². The van der Waals surface area contributed by atoms with Crippen molar-refractivity contribution >= 4 is 23.8 Å². The molecule has 0 radical (unpaired) electrons. The van der Waals surface area contributed by atoms with E-state index in [-0.39, 0.29) is 30.0 Å². The van der Waals surface area contributed by atoms with E-state index < -0.39 is 23.7 Å². The van der Waals surface area contributed by atoms with Crippen LogP contribution in [0.25, 0.3) is 0 Å². The van der Waals surface area contributed by atoms with E-state index in [0.717, 1.165) is 11.0 Å². The lowest BCUT2D eigenvalue weighted by atomic mass is 10.1. The summed E-state index contributed by atoms with van der Waals surface area (Å²) in [6, 6.07) is 3.90. The van der Waals surface area contributed by atoms with Crippen LogP contribution in [0.3, 0.4) is 0 Å². The second-order valence-electron chi connectivity index (χ2n) is 6.24. The molecule has 4 amide bonds. The number of amides is 4. The van der Waals surface area contributed by atoms with Gasteiger partial charge in [-0.15, -0.1) is 0 Å². The van der Waals surface area contributed by atoms with E-state index in [2.05, 4.69) is 0 Å². The quantitative estimate of drug-likeness (QED) is 0.734. The Balaban J connectivity index is 1.54. The Morgan fingerprint density at radius 1 is 1.07 bits per heavy atom. The molecule has 0 bridgehead atoms. The smallest absolute Gasteiger partial charge is 0.409 e. The Kier molecular flexibility index (Phi) is 5.38. The van der Waals surface area contributed by atoms with Crippen LogP contribution < -0.4 is 0 Å². The topological polar surface area (TPSA) is 87.2 Å². The Labute approximate surface area is 155 Å². The normalized spacial score (nSPS) is 16.6. The minimum atomic E-state index is -0.741. The summed E-state index contributed by atoms with van der Waals surface area (Å²) in [5, 5.41) is 0. The number of halogens is 1. The van der Waals surface area contributed by atoms with E-state index in [9.17, 15) is 23.6 Å². The molecule has 3 rings (SSSR count). The summed E-state index contributed by atoms with van der Waals surface area (Å²) in [4.78, 5) is 52.6. The summed E-state index contributed by atoms with van der Waals surface area (Å²) in [6.07, 6.45) is -0.454. The van der Waals surface area contributed by atoms with Gasteiger partial charge in [-0.1, -0.05) is 6.07 Å². The van der Waals surface area contributed by atoms with E-state index in [0.29, 0.717) is 32.8 Å².